The van der Waals surface area contributed by atoms with Gasteiger partial charge in [-0.25, -0.2) is 0 Å². The van der Waals surface area contributed by atoms with Crippen LogP contribution in [0.15, 0.2) is 42.5 Å². The monoisotopic (exact) mass is 284 g/mol. The summed E-state index contributed by atoms with van der Waals surface area (Å²) >= 11 is 0. The van der Waals surface area contributed by atoms with E-state index in [0.717, 1.165) is 29.0 Å². The van der Waals surface area contributed by atoms with Gasteiger partial charge in [-0.1, -0.05) is 30.3 Å². The molecular formula is C18H20O3. The fraction of sp³-hybridized carbons (Fsp3) is 0.278. The SMILES string of the molecule is COc1ccc(-c2ccc(CCC(C)=O)cc2)cc1OC. The predicted octanol–water partition coefficient (Wildman–Crippen LogP) is 3.89. The number of benzene rings is 2. The number of carbonyl (C=O) groups is 1. The second-order valence-electron chi connectivity index (χ2n) is 4.97. The first kappa shape index (κ1) is 15.1. The highest BCUT2D eigenvalue weighted by Gasteiger charge is 2.06. The average molecular weight is 284 g/mol. The molecular weight excluding hydrogens is 264 g/mol. The minimum atomic E-state index is 0.221. The first-order valence-electron chi connectivity index (χ1n) is 6.95. The van der Waals surface area contributed by atoms with Crippen molar-refractivity contribution in [1.82, 2.24) is 0 Å². The van der Waals surface area contributed by atoms with Crippen molar-refractivity contribution in [3.8, 4) is 22.6 Å². The molecule has 0 heterocycles. The molecule has 0 fully saturated rings. The Balaban J connectivity index is 2.20. The standard InChI is InChI=1S/C18H20O3/c1-13(19)4-5-14-6-8-15(9-7-14)16-10-11-17(20-2)18(12-16)21-3/h6-12H,4-5H2,1-3H3. The van der Waals surface area contributed by atoms with Gasteiger partial charge in [0.05, 0.1) is 14.2 Å². The molecule has 2 rings (SSSR count). The number of methoxy groups -OCH3 is 2. The minimum absolute atomic E-state index is 0.221. The normalized spacial score (nSPS) is 10.2. The molecule has 3 nitrogen and oxygen atoms in total. The van der Waals surface area contributed by atoms with Gasteiger partial charge in [0.15, 0.2) is 11.5 Å². The first-order chi connectivity index (χ1) is 10.1. The van der Waals surface area contributed by atoms with Crippen molar-refractivity contribution >= 4 is 5.78 Å². The fourth-order valence-electron chi connectivity index (χ4n) is 2.20. The van der Waals surface area contributed by atoms with Gasteiger partial charge in [0.2, 0.25) is 0 Å². The molecule has 110 valence electrons. The number of ketones is 1. The number of aryl methyl sites for hydroxylation is 1. The quantitative estimate of drug-likeness (QED) is 0.807. The van der Waals surface area contributed by atoms with Gasteiger partial charge < -0.3 is 14.3 Å². The molecule has 0 amide bonds. The van der Waals surface area contributed by atoms with Gasteiger partial charge in [-0.3, -0.25) is 0 Å². The van der Waals surface area contributed by atoms with E-state index < -0.39 is 0 Å². The van der Waals surface area contributed by atoms with E-state index in [-0.39, 0.29) is 5.78 Å². The third-order valence-electron chi connectivity index (χ3n) is 3.44. The zero-order valence-electron chi connectivity index (χ0n) is 12.7. The summed E-state index contributed by atoms with van der Waals surface area (Å²) in [7, 11) is 3.26. The van der Waals surface area contributed by atoms with Crippen LogP contribution in [0.3, 0.4) is 0 Å². The van der Waals surface area contributed by atoms with Crippen molar-refractivity contribution in [1.29, 1.82) is 0 Å². The maximum Gasteiger partial charge on any atom is 0.161 e. The highest BCUT2D eigenvalue weighted by atomic mass is 16.5. The molecule has 0 N–H and O–H groups in total. The first-order valence-corrected chi connectivity index (χ1v) is 6.95. The maximum atomic E-state index is 11.0. The Morgan fingerprint density at radius 3 is 2.10 bits per heavy atom. The van der Waals surface area contributed by atoms with Crippen LogP contribution in [0.2, 0.25) is 0 Å². The van der Waals surface area contributed by atoms with Gasteiger partial charge in [0.25, 0.3) is 0 Å². The van der Waals surface area contributed by atoms with Crippen LogP contribution >= 0.6 is 0 Å². The van der Waals surface area contributed by atoms with Crippen molar-refractivity contribution in [3.05, 3.63) is 48.0 Å². The molecule has 0 atom stereocenters. The summed E-state index contributed by atoms with van der Waals surface area (Å²) in [6, 6.07) is 14.1. The van der Waals surface area contributed by atoms with Crippen LogP contribution < -0.4 is 9.47 Å². The van der Waals surface area contributed by atoms with E-state index in [1.54, 1.807) is 21.1 Å². The minimum Gasteiger partial charge on any atom is -0.493 e. The lowest BCUT2D eigenvalue weighted by Gasteiger charge is -2.10. The van der Waals surface area contributed by atoms with Crippen molar-refractivity contribution in [3.63, 3.8) is 0 Å². The highest BCUT2D eigenvalue weighted by Crippen LogP contribution is 2.32. The summed E-state index contributed by atoms with van der Waals surface area (Å²) in [6.45, 7) is 1.62. The maximum absolute atomic E-state index is 11.0. The summed E-state index contributed by atoms with van der Waals surface area (Å²) in [5, 5.41) is 0. The Bertz CT molecular complexity index is 615. The van der Waals surface area contributed by atoms with E-state index in [4.69, 9.17) is 9.47 Å². The molecule has 0 aliphatic carbocycles. The van der Waals surface area contributed by atoms with Crippen molar-refractivity contribution in [2.45, 2.75) is 19.8 Å². The van der Waals surface area contributed by atoms with Gasteiger partial charge >= 0.3 is 0 Å². The Kier molecular flexibility index (Phi) is 4.99. The van der Waals surface area contributed by atoms with E-state index >= 15 is 0 Å². The number of hydrogen-bond donors (Lipinski definition) is 0. The van der Waals surface area contributed by atoms with Crippen LogP contribution in [0, 0.1) is 0 Å². The zero-order chi connectivity index (χ0) is 15.2. The third kappa shape index (κ3) is 3.85. The second kappa shape index (κ2) is 6.93. The van der Waals surface area contributed by atoms with Crippen molar-refractivity contribution < 1.29 is 14.3 Å². The molecule has 0 bridgehead atoms. The number of Topliss-reactive ketones (excluding diaryl/α,β-unsaturated/α-hetero) is 1. The zero-order valence-corrected chi connectivity index (χ0v) is 12.7. The lowest BCUT2D eigenvalue weighted by atomic mass is 10.0. The molecule has 2 aromatic rings. The molecule has 21 heavy (non-hydrogen) atoms. The average Bonchev–Trinajstić information content (AvgIpc) is 2.52. The van der Waals surface area contributed by atoms with Crippen LogP contribution in [0.25, 0.3) is 11.1 Å². The summed E-state index contributed by atoms with van der Waals surface area (Å²) in [5.41, 5.74) is 3.36. The van der Waals surface area contributed by atoms with E-state index in [0.29, 0.717) is 6.42 Å². The molecule has 0 saturated carbocycles. The second-order valence-corrected chi connectivity index (χ2v) is 4.97. The summed E-state index contributed by atoms with van der Waals surface area (Å²) < 4.78 is 10.6. The van der Waals surface area contributed by atoms with Gasteiger partial charge in [-0.2, -0.15) is 0 Å². The van der Waals surface area contributed by atoms with E-state index in [1.807, 2.05) is 18.2 Å². The molecule has 0 aliphatic rings. The number of rotatable bonds is 6. The molecule has 0 aliphatic heterocycles. The summed E-state index contributed by atoms with van der Waals surface area (Å²) in [4.78, 5) is 11.0. The topological polar surface area (TPSA) is 35.5 Å². The molecule has 0 unspecified atom stereocenters. The van der Waals surface area contributed by atoms with E-state index in [2.05, 4.69) is 24.3 Å². The van der Waals surface area contributed by atoms with E-state index in [1.165, 1.54) is 5.56 Å². The van der Waals surface area contributed by atoms with Crippen LogP contribution in [0.1, 0.15) is 18.9 Å². The largest absolute Gasteiger partial charge is 0.493 e. The Morgan fingerprint density at radius 1 is 0.905 bits per heavy atom. The molecule has 0 spiro atoms. The fourth-order valence-corrected chi connectivity index (χ4v) is 2.20. The Morgan fingerprint density at radius 2 is 1.52 bits per heavy atom. The van der Waals surface area contributed by atoms with Crippen LogP contribution in [0.4, 0.5) is 0 Å². The van der Waals surface area contributed by atoms with Crippen LogP contribution in [0.5, 0.6) is 11.5 Å². The van der Waals surface area contributed by atoms with Gasteiger partial charge in [-0.05, 0) is 42.2 Å². The predicted molar refractivity (Wildman–Crippen MR) is 84.0 cm³/mol. The molecule has 0 saturated heterocycles. The van der Waals surface area contributed by atoms with Gasteiger partial charge in [-0.15, -0.1) is 0 Å². The van der Waals surface area contributed by atoms with E-state index in [9.17, 15) is 4.79 Å². The lowest BCUT2D eigenvalue weighted by Crippen LogP contribution is -1.94. The van der Waals surface area contributed by atoms with Crippen LogP contribution in [-0.4, -0.2) is 20.0 Å². The lowest BCUT2D eigenvalue weighted by molar-refractivity contribution is -0.116. The Hall–Kier alpha value is -2.29. The number of carbonyl (C=O) groups excluding carboxylic acids is 1. The highest BCUT2D eigenvalue weighted by molar-refractivity contribution is 5.75. The Labute approximate surface area is 125 Å². The van der Waals surface area contributed by atoms with Gasteiger partial charge in [0, 0.05) is 6.42 Å². The van der Waals surface area contributed by atoms with Gasteiger partial charge in [0.1, 0.15) is 5.78 Å². The molecule has 3 heteroatoms. The molecule has 2 aromatic carbocycles. The van der Waals surface area contributed by atoms with Crippen LogP contribution in [-0.2, 0) is 11.2 Å². The van der Waals surface area contributed by atoms with Crippen molar-refractivity contribution in [2.75, 3.05) is 14.2 Å². The molecule has 0 radical (unpaired) electrons. The summed E-state index contributed by atoms with van der Waals surface area (Å²) in [6.07, 6.45) is 1.39. The molecule has 0 aromatic heterocycles. The summed E-state index contributed by atoms with van der Waals surface area (Å²) in [5.74, 6) is 1.66. The smallest absolute Gasteiger partial charge is 0.161 e. The third-order valence-corrected chi connectivity index (χ3v) is 3.44. The number of hydrogen-bond acceptors (Lipinski definition) is 3. The van der Waals surface area contributed by atoms with Crippen molar-refractivity contribution in [2.24, 2.45) is 0 Å². The number of ether oxygens (including phenoxy) is 2.